The average Bonchev–Trinajstić information content (AvgIpc) is 2.37. The number of sulfonamides is 1. The lowest BCUT2D eigenvalue weighted by atomic mass is 9.99. The summed E-state index contributed by atoms with van der Waals surface area (Å²) in [6, 6.07) is 6.15. The van der Waals surface area contributed by atoms with Crippen molar-refractivity contribution in [3.63, 3.8) is 0 Å². The Hall–Kier alpha value is -1.49. The molecular weight excluding hydrogens is 293 g/mol. The van der Waals surface area contributed by atoms with Gasteiger partial charge in [-0.25, -0.2) is 17.9 Å². The molecule has 1 fully saturated rings. The van der Waals surface area contributed by atoms with Gasteiger partial charge in [-0.2, -0.15) is 5.26 Å². The zero-order chi connectivity index (χ0) is 15.5. The number of rotatable bonds is 4. The van der Waals surface area contributed by atoms with Crippen LogP contribution in [0, 0.1) is 23.1 Å². The number of benzene rings is 1. The second-order valence-corrected chi connectivity index (χ2v) is 7.15. The monoisotopic (exact) mass is 311 g/mol. The van der Waals surface area contributed by atoms with E-state index in [1.54, 1.807) is 0 Å². The highest BCUT2D eigenvalue weighted by molar-refractivity contribution is 7.89. The molecular formula is C14H18FN3O2S. The average molecular weight is 311 g/mol. The van der Waals surface area contributed by atoms with Crippen LogP contribution in [0.25, 0.3) is 0 Å². The van der Waals surface area contributed by atoms with Crippen LogP contribution >= 0.6 is 0 Å². The summed E-state index contributed by atoms with van der Waals surface area (Å²) >= 11 is 0. The summed E-state index contributed by atoms with van der Waals surface area (Å²) in [4.78, 5) is 2.05. The Morgan fingerprint density at radius 1 is 1.48 bits per heavy atom. The lowest BCUT2D eigenvalue weighted by molar-refractivity contribution is 0.177. The molecule has 1 atom stereocenters. The van der Waals surface area contributed by atoms with Gasteiger partial charge in [0, 0.05) is 13.1 Å². The summed E-state index contributed by atoms with van der Waals surface area (Å²) in [5.41, 5.74) is 1.08. The van der Waals surface area contributed by atoms with Gasteiger partial charge in [-0.3, -0.25) is 4.90 Å². The molecule has 0 aromatic heterocycles. The van der Waals surface area contributed by atoms with Crippen LogP contribution in [0.15, 0.2) is 18.2 Å². The number of piperidine rings is 1. The molecule has 21 heavy (non-hydrogen) atoms. The van der Waals surface area contributed by atoms with Gasteiger partial charge in [-0.15, -0.1) is 0 Å². The lowest BCUT2D eigenvalue weighted by Crippen LogP contribution is -2.39. The second kappa shape index (κ2) is 6.52. The highest BCUT2D eigenvalue weighted by Gasteiger charge is 2.24. The number of nitriles is 1. The van der Waals surface area contributed by atoms with E-state index in [1.807, 2.05) is 0 Å². The first-order valence-electron chi connectivity index (χ1n) is 6.79. The highest BCUT2D eigenvalue weighted by atomic mass is 32.2. The minimum Gasteiger partial charge on any atom is -0.299 e. The molecule has 2 rings (SSSR count). The third kappa shape index (κ3) is 4.77. The van der Waals surface area contributed by atoms with Gasteiger partial charge in [-0.05, 0) is 49.1 Å². The van der Waals surface area contributed by atoms with Crippen molar-refractivity contribution < 1.29 is 12.8 Å². The molecule has 0 amide bonds. The van der Waals surface area contributed by atoms with Crippen LogP contribution in [0.4, 0.5) is 4.39 Å². The number of nitrogens with two attached hydrogens (primary N) is 1. The molecule has 1 aliphatic heterocycles. The molecule has 5 nitrogen and oxygen atoms in total. The fourth-order valence-corrected chi connectivity index (χ4v) is 3.73. The molecule has 2 N–H and O–H groups in total. The Balaban J connectivity index is 2.06. The molecule has 0 aliphatic carbocycles. The highest BCUT2D eigenvalue weighted by Crippen LogP contribution is 2.21. The van der Waals surface area contributed by atoms with Crippen molar-refractivity contribution in [1.29, 1.82) is 5.26 Å². The zero-order valence-electron chi connectivity index (χ0n) is 11.6. The summed E-state index contributed by atoms with van der Waals surface area (Å²) in [6.07, 6.45) is 1.69. The van der Waals surface area contributed by atoms with Crippen LogP contribution in [0.1, 0.15) is 24.0 Å². The van der Waals surface area contributed by atoms with Crippen LogP contribution in [0.5, 0.6) is 0 Å². The van der Waals surface area contributed by atoms with Crippen molar-refractivity contribution in [2.24, 2.45) is 11.1 Å². The van der Waals surface area contributed by atoms with E-state index >= 15 is 0 Å². The van der Waals surface area contributed by atoms with Crippen LogP contribution < -0.4 is 5.14 Å². The molecule has 1 heterocycles. The van der Waals surface area contributed by atoms with Crippen molar-refractivity contribution >= 4 is 10.0 Å². The van der Waals surface area contributed by atoms with Crippen molar-refractivity contribution in [3.8, 4) is 6.07 Å². The largest absolute Gasteiger partial charge is 0.299 e. The van der Waals surface area contributed by atoms with E-state index in [9.17, 15) is 12.8 Å². The van der Waals surface area contributed by atoms with Gasteiger partial charge in [0.15, 0.2) is 0 Å². The molecule has 1 aromatic rings. The third-order valence-electron chi connectivity index (χ3n) is 3.65. The molecule has 0 spiro atoms. The molecule has 0 unspecified atom stereocenters. The maximum atomic E-state index is 13.3. The van der Waals surface area contributed by atoms with E-state index in [0.717, 1.165) is 19.4 Å². The van der Waals surface area contributed by atoms with E-state index in [4.69, 9.17) is 10.4 Å². The van der Waals surface area contributed by atoms with Crippen LogP contribution in [-0.4, -0.2) is 32.2 Å². The summed E-state index contributed by atoms with van der Waals surface area (Å²) < 4.78 is 35.7. The van der Waals surface area contributed by atoms with Crippen LogP contribution in [0.3, 0.4) is 0 Å². The number of halogens is 1. The SMILES string of the molecule is N#Cc1ccc(F)cc1CN1CCC[C@@H](CS(N)(=O)=O)C1. The molecule has 0 saturated carbocycles. The Labute approximate surface area is 124 Å². The van der Waals surface area contributed by atoms with Gasteiger partial charge in [0.2, 0.25) is 10.0 Å². The fraction of sp³-hybridized carbons (Fsp3) is 0.500. The third-order valence-corrected chi connectivity index (χ3v) is 4.59. The molecule has 0 radical (unpaired) electrons. The quantitative estimate of drug-likeness (QED) is 0.905. The van der Waals surface area contributed by atoms with E-state index < -0.39 is 10.0 Å². The Morgan fingerprint density at radius 3 is 2.90 bits per heavy atom. The topological polar surface area (TPSA) is 87.2 Å². The second-order valence-electron chi connectivity index (χ2n) is 5.49. The number of hydrogen-bond donors (Lipinski definition) is 1. The predicted molar refractivity (Wildman–Crippen MR) is 77.1 cm³/mol. The molecule has 1 saturated heterocycles. The van der Waals surface area contributed by atoms with Gasteiger partial charge in [-0.1, -0.05) is 0 Å². The van der Waals surface area contributed by atoms with Crippen LogP contribution in [0.2, 0.25) is 0 Å². The zero-order valence-corrected chi connectivity index (χ0v) is 12.4. The van der Waals surface area contributed by atoms with Gasteiger partial charge in [0.05, 0.1) is 17.4 Å². The van der Waals surface area contributed by atoms with Gasteiger partial charge < -0.3 is 0 Å². The molecule has 7 heteroatoms. The van der Waals surface area contributed by atoms with Crippen molar-refractivity contribution in [3.05, 3.63) is 35.1 Å². The molecule has 0 bridgehead atoms. The van der Waals surface area contributed by atoms with Crippen molar-refractivity contribution in [1.82, 2.24) is 4.90 Å². The minimum atomic E-state index is -3.48. The van der Waals surface area contributed by atoms with E-state index in [-0.39, 0.29) is 17.5 Å². The van der Waals surface area contributed by atoms with Gasteiger partial charge in [0.25, 0.3) is 0 Å². The fourth-order valence-electron chi connectivity index (χ4n) is 2.80. The Bertz CT molecular complexity index is 655. The van der Waals surface area contributed by atoms with Gasteiger partial charge in [0.1, 0.15) is 5.82 Å². The maximum absolute atomic E-state index is 13.3. The first kappa shape index (κ1) is 15.9. The smallest absolute Gasteiger partial charge is 0.209 e. The molecule has 1 aliphatic rings. The van der Waals surface area contributed by atoms with Gasteiger partial charge >= 0.3 is 0 Å². The summed E-state index contributed by atoms with van der Waals surface area (Å²) in [5.74, 6) is -0.410. The summed E-state index contributed by atoms with van der Waals surface area (Å²) in [5, 5.41) is 14.1. The normalized spacial score (nSPS) is 20.1. The number of nitrogens with zero attached hydrogens (tertiary/aromatic N) is 2. The Morgan fingerprint density at radius 2 is 2.24 bits per heavy atom. The summed E-state index contributed by atoms with van der Waals surface area (Å²) in [6.45, 7) is 1.85. The maximum Gasteiger partial charge on any atom is 0.209 e. The number of hydrogen-bond acceptors (Lipinski definition) is 4. The number of primary sulfonamides is 1. The number of likely N-dealkylation sites (tertiary alicyclic amines) is 1. The van der Waals surface area contributed by atoms with E-state index in [1.165, 1.54) is 18.2 Å². The summed E-state index contributed by atoms with van der Waals surface area (Å²) in [7, 11) is -3.48. The van der Waals surface area contributed by atoms with E-state index in [2.05, 4.69) is 11.0 Å². The van der Waals surface area contributed by atoms with Crippen molar-refractivity contribution in [2.45, 2.75) is 19.4 Å². The van der Waals surface area contributed by atoms with Crippen LogP contribution in [-0.2, 0) is 16.6 Å². The first-order valence-corrected chi connectivity index (χ1v) is 8.50. The standard InChI is InChI=1S/C14H18FN3O2S/c15-14-4-3-12(7-16)13(6-14)9-18-5-1-2-11(8-18)10-21(17,19)20/h3-4,6,11H,1-2,5,8-10H2,(H2,17,19,20)/t11-/m1/s1. The minimum absolute atomic E-state index is 0.00663. The Kier molecular flexibility index (Phi) is 4.93. The van der Waals surface area contributed by atoms with Crippen molar-refractivity contribution in [2.75, 3.05) is 18.8 Å². The predicted octanol–water partition coefficient (Wildman–Crippen LogP) is 1.20. The molecule has 114 valence electrons. The lowest BCUT2D eigenvalue weighted by Gasteiger charge is -2.32. The first-order chi connectivity index (χ1) is 9.87. The van der Waals surface area contributed by atoms with E-state index in [0.29, 0.717) is 24.2 Å². The molecule has 1 aromatic carbocycles.